The van der Waals surface area contributed by atoms with Crippen LogP contribution in [0.1, 0.15) is 44.7 Å². The fraction of sp³-hybridized carbons (Fsp3) is 0.517. The maximum absolute atomic E-state index is 12.9. The Morgan fingerprint density at radius 2 is 1.84 bits per heavy atom. The summed E-state index contributed by atoms with van der Waals surface area (Å²) in [5, 5.41) is 4.48. The lowest BCUT2D eigenvalue weighted by molar-refractivity contribution is -0.130. The van der Waals surface area contributed by atoms with E-state index in [0.29, 0.717) is 19.8 Å². The number of allylic oxidation sites excluding steroid dienone is 4. The van der Waals surface area contributed by atoms with Crippen LogP contribution in [-0.4, -0.2) is 79.2 Å². The van der Waals surface area contributed by atoms with E-state index in [0.717, 1.165) is 79.7 Å². The van der Waals surface area contributed by atoms with Crippen molar-refractivity contribution in [3.05, 3.63) is 64.0 Å². The molecule has 8 nitrogen and oxygen atoms in total. The van der Waals surface area contributed by atoms with Crippen LogP contribution in [0.3, 0.4) is 0 Å². The number of nitrogens with zero attached hydrogens (tertiary/aromatic N) is 3. The molecule has 0 bridgehead atoms. The van der Waals surface area contributed by atoms with Crippen molar-refractivity contribution in [2.45, 2.75) is 39.2 Å². The summed E-state index contributed by atoms with van der Waals surface area (Å²) in [7, 11) is 0. The number of fused-ring (bicyclic) bond motifs is 2. The highest BCUT2D eigenvalue weighted by molar-refractivity contribution is 6.29. The molecule has 2 atom stereocenters. The number of benzene rings is 1. The normalized spacial score (nSPS) is 23.2. The van der Waals surface area contributed by atoms with Crippen molar-refractivity contribution in [3.63, 3.8) is 0 Å². The summed E-state index contributed by atoms with van der Waals surface area (Å²) in [5.74, 6) is 1.22. The van der Waals surface area contributed by atoms with Crippen LogP contribution in [0, 0.1) is 5.92 Å². The lowest BCUT2D eigenvalue weighted by Gasteiger charge is -2.36. The van der Waals surface area contributed by atoms with Crippen LogP contribution in [0.2, 0.25) is 0 Å². The number of hydrogen-bond acceptors (Lipinski definition) is 6. The van der Waals surface area contributed by atoms with Crippen LogP contribution in [0.4, 0.5) is 4.79 Å². The fourth-order valence-corrected chi connectivity index (χ4v) is 6.09. The maximum Gasteiger partial charge on any atom is 0.410 e. The summed E-state index contributed by atoms with van der Waals surface area (Å²) in [6, 6.07) is 7.82. The summed E-state index contributed by atoms with van der Waals surface area (Å²) >= 11 is 6.37. The molecule has 9 heteroatoms. The first-order chi connectivity index (χ1) is 18.4. The van der Waals surface area contributed by atoms with Crippen LogP contribution >= 0.6 is 11.6 Å². The molecule has 1 aromatic rings. The molecule has 1 N–H and O–H groups in total. The van der Waals surface area contributed by atoms with E-state index in [-0.39, 0.29) is 24.0 Å². The molecule has 1 fully saturated rings. The monoisotopic (exact) mass is 540 g/mol. The zero-order valence-corrected chi connectivity index (χ0v) is 23.0. The van der Waals surface area contributed by atoms with Crippen LogP contribution in [-0.2, 0) is 9.53 Å². The zero-order valence-electron chi connectivity index (χ0n) is 22.2. The molecule has 1 aromatic carbocycles. The zero-order chi connectivity index (χ0) is 26.6. The quantitative estimate of drug-likeness (QED) is 0.517. The van der Waals surface area contributed by atoms with Gasteiger partial charge in [-0.1, -0.05) is 23.7 Å². The topological polar surface area (TPSA) is 74.3 Å². The van der Waals surface area contributed by atoms with Gasteiger partial charge in [0.25, 0.3) is 0 Å². The highest BCUT2D eigenvalue weighted by Gasteiger charge is 2.42. The molecular formula is C29H37ClN4O4. The Hall–Kier alpha value is -2.97. The molecule has 2 unspecified atom stereocenters. The Bertz CT molecular complexity index is 1140. The minimum atomic E-state index is -0.296. The van der Waals surface area contributed by atoms with Crippen LogP contribution < -0.4 is 10.1 Å². The number of piperazine rings is 1. The number of nitrogens with one attached hydrogen (secondary N) is 1. The molecule has 4 aliphatic rings. The molecule has 204 valence electrons. The summed E-state index contributed by atoms with van der Waals surface area (Å²) in [4.78, 5) is 30.5. The van der Waals surface area contributed by atoms with Gasteiger partial charge in [0.05, 0.1) is 13.2 Å². The van der Waals surface area contributed by atoms with E-state index >= 15 is 0 Å². The van der Waals surface area contributed by atoms with Gasteiger partial charge < -0.3 is 19.7 Å². The number of ether oxygens (including phenoxy) is 2. The highest BCUT2D eigenvalue weighted by Crippen LogP contribution is 2.47. The van der Waals surface area contributed by atoms with Gasteiger partial charge in [-0.25, -0.2) is 4.79 Å². The Morgan fingerprint density at radius 3 is 2.55 bits per heavy atom. The molecule has 0 aromatic heterocycles. The lowest BCUT2D eigenvalue weighted by atomic mass is 9.85. The first kappa shape index (κ1) is 26.6. The van der Waals surface area contributed by atoms with E-state index in [9.17, 15) is 9.59 Å². The summed E-state index contributed by atoms with van der Waals surface area (Å²) in [6.07, 6.45) is 6.24. The number of rotatable bonds is 7. The van der Waals surface area contributed by atoms with Gasteiger partial charge in [0.2, 0.25) is 5.91 Å². The minimum Gasteiger partial charge on any atom is -0.494 e. The molecule has 3 heterocycles. The third kappa shape index (κ3) is 5.71. The average molecular weight is 541 g/mol. The molecule has 0 spiro atoms. The highest BCUT2D eigenvalue weighted by atomic mass is 35.5. The van der Waals surface area contributed by atoms with Crippen molar-refractivity contribution < 1.29 is 19.1 Å². The first-order valence-corrected chi connectivity index (χ1v) is 14.0. The lowest BCUT2D eigenvalue weighted by Crippen LogP contribution is -2.48. The molecule has 0 radical (unpaired) electrons. The van der Waals surface area contributed by atoms with Gasteiger partial charge in [0, 0.05) is 68.5 Å². The second-order valence-corrected chi connectivity index (χ2v) is 10.7. The van der Waals surface area contributed by atoms with Gasteiger partial charge in [-0.05, 0) is 61.6 Å². The average Bonchev–Trinajstić information content (AvgIpc) is 3.29. The molecule has 1 aliphatic carbocycles. The molecule has 0 saturated carbocycles. The van der Waals surface area contributed by atoms with E-state index < -0.39 is 0 Å². The predicted octanol–water partition coefficient (Wildman–Crippen LogP) is 4.41. The van der Waals surface area contributed by atoms with E-state index in [1.165, 1.54) is 5.57 Å². The van der Waals surface area contributed by atoms with E-state index in [2.05, 4.69) is 16.3 Å². The van der Waals surface area contributed by atoms with Gasteiger partial charge in [0.1, 0.15) is 11.8 Å². The molecular weight excluding hydrogens is 504 g/mol. The van der Waals surface area contributed by atoms with Crippen molar-refractivity contribution >= 4 is 23.6 Å². The standard InChI is InChI=1S/C29H37ClN4O4/c1-3-37-29(36)34-13-11-24-25-19-22(30)7-10-26(25)31-27(24)28(34)21-5-8-23(9-6-21)38-18-4-12-32-14-16-33(17-15-32)20(2)35/h5-10,25,28,31H,3-4,11-19H2,1-2H3. The smallest absolute Gasteiger partial charge is 0.410 e. The Balaban J connectivity index is 1.22. The van der Waals surface area contributed by atoms with Crippen LogP contribution in [0.5, 0.6) is 5.75 Å². The van der Waals surface area contributed by atoms with Crippen molar-refractivity contribution in [2.75, 3.05) is 52.5 Å². The predicted molar refractivity (Wildman–Crippen MR) is 147 cm³/mol. The van der Waals surface area contributed by atoms with Gasteiger partial charge in [-0.2, -0.15) is 0 Å². The molecule has 38 heavy (non-hydrogen) atoms. The number of carbonyl (C=O) groups is 2. The number of carbonyl (C=O) groups excluding carboxylic acids is 2. The third-order valence-electron chi connectivity index (χ3n) is 7.87. The number of halogens is 1. The summed E-state index contributed by atoms with van der Waals surface area (Å²) in [6.45, 7) is 9.44. The Kier molecular flexibility index (Phi) is 8.29. The van der Waals surface area contributed by atoms with E-state index in [1.807, 2.05) is 47.1 Å². The SMILES string of the molecule is CCOC(=O)N1CCC2=C(NC3=CC=C(Cl)CC32)C1c1ccc(OCCCN2CCN(C(C)=O)CC2)cc1. The fourth-order valence-electron chi connectivity index (χ4n) is 5.87. The Morgan fingerprint density at radius 1 is 1.08 bits per heavy atom. The third-order valence-corrected chi connectivity index (χ3v) is 8.15. The Labute approximate surface area is 229 Å². The first-order valence-electron chi connectivity index (χ1n) is 13.6. The molecule has 3 aliphatic heterocycles. The van der Waals surface area contributed by atoms with Gasteiger partial charge in [-0.15, -0.1) is 0 Å². The van der Waals surface area contributed by atoms with Crippen molar-refractivity contribution in [3.8, 4) is 5.75 Å². The van der Waals surface area contributed by atoms with E-state index in [1.54, 1.807) is 6.92 Å². The minimum absolute atomic E-state index is 0.156. The molecule has 1 saturated heterocycles. The van der Waals surface area contributed by atoms with Gasteiger partial charge in [0.15, 0.2) is 0 Å². The van der Waals surface area contributed by atoms with Crippen LogP contribution in [0.25, 0.3) is 0 Å². The van der Waals surface area contributed by atoms with Crippen LogP contribution in [0.15, 0.2) is 58.4 Å². The molecule has 2 amide bonds. The summed E-state index contributed by atoms with van der Waals surface area (Å²) < 4.78 is 11.4. The van der Waals surface area contributed by atoms with Gasteiger partial charge in [-0.3, -0.25) is 14.6 Å². The van der Waals surface area contributed by atoms with Crippen molar-refractivity contribution in [2.24, 2.45) is 5.92 Å². The second-order valence-electron chi connectivity index (χ2n) is 10.2. The van der Waals surface area contributed by atoms with Gasteiger partial charge >= 0.3 is 6.09 Å². The van der Waals surface area contributed by atoms with Crippen molar-refractivity contribution in [1.82, 2.24) is 20.0 Å². The second kappa shape index (κ2) is 11.8. The van der Waals surface area contributed by atoms with E-state index in [4.69, 9.17) is 21.1 Å². The summed E-state index contributed by atoms with van der Waals surface area (Å²) in [5.41, 5.74) is 4.57. The van der Waals surface area contributed by atoms with Crippen molar-refractivity contribution in [1.29, 1.82) is 0 Å². The molecule has 5 rings (SSSR count). The maximum atomic E-state index is 12.9. The number of hydrogen-bond donors (Lipinski definition) is 1. The number of amides is 2. The largest absolute Gasteiger partial charge is 0.494 e.